The predicted octanol–water partition coefficient (Wildman–Crippen LogP) is 2.66. The van der Waals surface area contributed by atoms with E-state index in [1.165, 1.54) is 12.1 Å². The molecule has 1 amide bonds. The number of methoxy groups -OCH3 is 1. The molecule has 26 heavy (non-hydrogen) atoms. The van der Waals surface area contributed by atoms with E-state index in [1.807, 2.05) is 0 Å². The Morgan fingerprint density at radius 2 is 1.81 bits per heavy atom. The van der Waals surface area contributed by atoms with E-state index >= 15 is 0 Å². The predicted molar refractivity (Wildman–Crippen MR) is 96.3 cm³/mol. The second kappa shape index (κ2) is 7.45. The Morgan fingerprint density at radius 1 is 1.15 bits per heavy atom. The summed E-state index contributed by atoms with van der Waals surface area (Å²) in [6, 6.07) is 12.2. The Labute approximate surface area is 152 Å². The number of benzene rings is 2. The molecule has 1 fully saturated rings. The molecule has 7 heteroatoms. The molecule has 138 valence electrons. The normalized spacial score (nSPS) is 18.5. The fourth-order valence-corrected chi connectivity index (χ4v) is 4.80. The molecule has 2 aromatic rings. The van der Waals surface area contributed by atoms with Crippen LogP contribution in [0.2, 0.25) is 0 Å². The van der Waals surface area contributed by atoms with E-state index in [0.29, 0.717) is 17.7 Å². The zero-order valence-corrected chi connectivity index (χ0v) is 15.2. The van der Waals surface area contributed by atoms with Crippen LogP contribution >= 0.6 is 0 Å². The number of hydrogen-bond donors (Lipinski definition) is 0. The van der Waals surface area contributed by atoms with Crippen LogP contribution < -0.4 is 4.74 Å². The van der Waals surface area contributed by atoms with E-state index in [-0.39, 0.29) is 35.8 Å². The van der Waals surface area contributed by atoms with Crippen molar-refractivity contribution < 1.29 is 22.3 Å². The van der Waals surface area contributed by atoms with E-state index in [0.717, 1.165) is 5.56 Å². The smallest absolute Gasteiger partial charge is 0.254 e. The monoisotopic (exact) mass is 377 g/mol. The Bertz CT molecular complexity index is 879. The number of ether oxygens (including phenoxy) is 1. The Morgan fingerprint density at radius 3 is 2.35 bits per heavy atom. The van der Waals surface area contributed by atoms with Gasteiger partial charge >= 0.3 is 0 Å². The number of amides is 1. The van der Waals surface area contributed by atoms with Gasteiger partial charge in [-0.25, -0.2) is 12.8 Å². The fraction of sp³-hybridized carbons (Fsp3) is 0.316. The molecule has 1 aliphatic heterocycles. The van der Waals surface area contributed by atoms with Crippen LogP contribution in [0.3, 0.4) is 0 Å². The molecule has 3 rings (SSSR count). The molecule has 0 unspecified atom stereocenters. The first-order valence-corrected chi connectivity index (χ1v) is 10.1. The molecule has 1 aliphatic rings. The lowest BCUT2D eigenvalue weighted by molar-refractivity contribution is 0.0681. The molecule has 0 N–H and O–H groups in total. The molecule has 2 aromatic carbocycles. The molecular formula is C19H20FNO4S. The second-order valence-corrected chi connectivity index (χ2v) is 8.57. The van der Waals surface area contributed by atoms with E-state index in [9.17, 15) is 17.6 Å². The first kappa shape index (κ1) is 18.4. The maximum atomic E-state index is 13.1. The maximum Gasteiger partial charge on any atom is 0.254 e. The SMILES string of the molecule is COc1ccc(C(=O)N(Cc2ccc(F)cc2)[C@@H]2CCS(=O)(=O)C2)cc1. The van der Waals surface area contributed by atoms with E-state index in [2.05, 4.69) is 0 Å². The summed E-state index contributed by atoms with van der Waals surface area (Å²) < 4.78 is 42.0. The van der Waals surface area contributed by atoms with Crippen molar-refractivity contribution in [3.05, 3.63) is 65.5 Å². The van der Waals surface area contributed by atoms with Crippen molar-refractivity contribution in [2.45, 2.75) is 19.0 Å². The topological polar surface area (TPSA) is 63.7 Å². The maximum absolute atomic E-state index is 13.1. The molecule has 0 radical (unpaired) electrons. The molecule has 0 bridgehead atoms. The largest absolute Gasteiger partial charge is 0.497 e. The van der Waals surface area contributed by atoms with Crippen LogP contribution in [0.15, 0.2) is 48.5 Å². The summed E-state index contributed by atoms with van der Waals surface area (Å²) in [6.45, 7) is 0.228. The summed E-state index contributed by atoms with van der Waals surface area (Å²) >= 11 is 0. The van der Waals surface area contributed by atoms with Crippen molar-refractivity contribution in [2.24, 2.45) is 0 Å². The third kappa shape index (κ3) is 4.22. The first-order valence-electron chi connectivity index (χ1n) is 8.28. The van der Waals surface area contributed by atoms with Crippen LogP contribution in [0.5, 0.6) is 5.75 Å². The van der Waals surface area contributed by atoms with Crippen molar-refractivity contribution in [3.8, 4) is 5.75 Å². The minimum atomic E-state index is -3.14. The zero-order chi connectivity index (χ0) is 18.7. The van der Waals surface area contributed by atoms with Crippen molar-refractivity contribution in [2.75, 3.05) is 18.6 Å². The third-order valence-electron chi connectivity index (χ3n) is 4.51. The Balaban J connectivity index is 1.88. The van der Waals surface area contributed by atoms with Crippen LogP contribution in [0.1, 0.15) is 22.3 Å². The highest BCUT2D eigenvalue weighted by atomic mass is 32.2. The summed E-state index contributed by atoms with van der Waals surface area (Å²) in [5, 5.41) is 0. The van der Waals surface area contributed by atoms with E-state index < -0.39 is 9.84 Å². The van der Waals surface area contributed by atoms with Gasteiger partial charge in [-0.05, 0) is 48.4 Å². The van der Waals surface area contributed by atoms with Crippen LogP contribution in [0, 0.1) is 5.82 Å². The summed E-state index contributed by atoms with van der Waals surface area (Å²) in [5.74, 6) is 0.0585. The van der Waals surface area contributed by atoms with Gasteiger partial charge in [0.2, 0.25) is 0 Å². The van der Waals surface area contributed by atoms with Gasteiger partial charge in [-0.3, -0.25) is 4.79 Å². The summed E-state index contributed by atoms with van der Waals surface area (Å²) in [7, 11) is -1.60. The molecule has 0 aliphatic carbocycles. The van der Waals surface area contributed by atoms with Crippen LogP contribution in [-0.2, 0) is 16.4 Å². The summed E-state index contributed by atoms with van der Waals surface area (Å²) in [5.41, 5.74) is 1.20. The highest BCUT2D eigenvalue weighted by molar-refractivity contribution is 7.91. The minimum absolute atomic E-state index is 0.0455. The molecular weight excluding hydrogens is 357 g/mol. The quantitative estimate of drug-likeness (QED) is 0.804. The standard InChI is InChI=1S/C19H20FNO4S/c1-25-18-8-4-15(5-9-18)19(22)21(17-10-11-26(23,24)13-17)12-14-2-6-16(20)7-3-14/h2-9,17H,10-13H2,1H3/t17-/m1/s1. The van der Waals surface area contributed by atoms with Gasteiger partial charge < -0.3 is 9.64 Å². The lowest BCUT2D eigenvalue weighted by Gasteiger charge is -2.28. The molecule has 0 saturated carbocycles. The summed E-state index contributed by atoms with van der Waals surface area (Å²) in [6.07, 6.45) is 0.408. The highest BCUT2D eigenvalue weighted by Gasteiger charge is 2.35. The Hall–Kier alpha value is -2.41. The number of rotatable bonds is 5. The molecule has 1 atom stereocenters. The lowest BCUT2D eigenvalue weighted by atomic mass is 10.1. The van der Waals surface area contributed by atoms with Gasteiger partial charge in [0.15, 0.2) is 9.84 Å². The molecule has 5 nitrogen and oxygen atoms in total. The molecule has 1 saturated heterocycles. The van der Waals surface area contributed by atoms with Crippen LogP contribution in [0.25, 0.3) is 0 Å². The number of nitrogens with zero attached hydrogens (tertiary/aromatic N) is 1. The number of carbonyl (C=O) groups excluding carboxylic acids is 1. The van der Waals surface area contributed by atoms with Gasteiger partial charge in [-0.15, -0.1) is 0 Å². The molecule has 1 heterocycles. The van der Waals surface area contributed by atoms with Crippen molar-refractivity contribution >= 4 is 15.7 Å². The van der Waals surface area contributed by atoms with Gasteiger partial charge in [0.05, 0.1) is 18.6 Å². The first-order chi connectivity index (χ1) is 12.4. The average Bonchev–Trinajstić information content (AvgIpc) is 3.00. The van der Waals surface area contributed by atoms with E-state index in [4.69, 9.17) is 4.74 Å². The minimum Gasteiger partial charge on any atom is -0.497 e. The molecule has 0 spiro atoms. The van der Waals surface area contributed by atoms with Crippen molar-refractivity contribution in [3.63, 3.8) is 0 Å². The van der Waals surface area contributed by atoms with Gasteiger partial charge in [0.25, 0.3) is 5.91 Å². The van der Waals surface area contributed by atoms with Gasteiger partial charge in [0, 0.05) is 18.2 Å². The van der Waals surface area contributed by atoms with Gasteiger partial charge in [0.1, 0.15) is 11.6 Å². The third-order valence-corrected chi connectivity index (χ3v) is 6.26. The lowest BCUT2D eigenvalue weighted by Crippen LogP contribution is -2.40. The number of halogens is 1. The van der Waals surface area contributed by atoms with E-state index in [1.54, 1.807) is 48.4 Å². The molecule has 0 aromatic heterocycles. The average molecular weight is 377 g/mol. The second-order valence-electron chi connectivity index (χ2n) is 6.34. The Kier molecular flexibility index (Phi) is 5.27. The van der Waals surface area contributed by atoms with Crippen molar-refractivity contribution in [1.29, 1.82) is 0 Å². The van der Waals surface area contributed by atoms with Gasteiger partial charge in [-0.1, -0.05) is 12.1 Å². The number of hydrogen-bond acceptors (Lipinski definition) is 4. The van der Waals surface area contributed by atoms with Crippen LogP contribution in [0.4, 0.5) is 4.39 Å². The van der Waals surface area contributed by atoms with Crippen molar-refractivity contribution in [1.82, 2.24) is 4.90 Å². The highest BCUT2D eigenvalue weighted by Crippen LogP contribution is 2.23. The number of carbonyl (C=O) groups is 1. The summed E-state index contributed by atoms with van der Waals surface area (Å²) in [4.78, 5) is 14.6. The van der Waals surface area contributed by atoms with Crippen LogP contribution in [-0.4, -0.2) is 43.9 Å². The zero-order valence-electron chi connectivity index (χ0n) is 14.4. The van der Waals surface area contributed by atoms with Gasteiger partial charge in [-0.2, -0.15) is 0 Å². The fourth-order valence-electron chi connectivity index (χ4n) is 3.07. The number of sulfone groups is 1.